The average molecular weight is 310 g/mol. The molecule has 4 nitrogen and oxygen atoms in total. The molecule has 1 aliphatic rings. The van der Waals surface area contributed by atoms with Crippen molar-refractivity contribution in [1.82, 2.24) is 0 Å². The molecule has 0 spiro atoms. The van der Waals surface area contributed by atoms with Gasteiger partial charge in [-0.2, -0.15) is 5.26 Å². The van der Waals surface area contributed by atoms with Crippen LogP contribution in [0.1, 0.15) is 55.7 Å². The molecule has 0 radical (unpaired) electrons. The van der Waals surface area contributed by atoms with Crippen molar-refractivity contribution in [1.29, 1.82) is 5.26 Å². The second-order valence-electron chi connectivity index (χ2n) is 6.14. The van der Waals surface area contributed by atoms with Crippen LogP contribution in [0, 0.1) is 11.3 Å². The summed E-state index contributed by atoms with van der Waals surface area (Å²) in [5.41, 5.74) is 4.26. The van der Waals surface area contributed by atoms with Crippen molar-refractivity contribution in [2.45, 2.75) is 51.9 Å². The lowest BCUT2D eigenvalue weighted by Crippen LogP contribution is -2.24. The number of rotatable bonds is 6. The van der Waals surface area contributed by atoms with Gasteiger partial charge in [0.15, 0.2) is 11.5 Å². The zero-order valence-electron chi connectivity index (χ0n) is 13.7. The molecule has 0 bridgehead atoms. The molecule has 0 fully saturated rings. The van der Waals surface area contributed by atoms with E-state index in [0.29, 0.717) is 0 Å². The monoisotopic (exact) mass is 310 g/mol. The molecule has 0 aromatic carbocycles. The molecule has 0 saturated heterocycles. The maximum absolute atomic E-state index is 9.67. The second kappa shape index (κ2) is 7.32. The zero-order valence-corrected chi connectivity index (χ0v) is 13.7. The number of aromatic amines is 1. The molecule has 2 heterocycles. The van der Waals surface area contributed by atoms with Crippen molar-refractivity contribution in [2.75, 3.05) is 11.9 Å². The molecule has 3 rings (SSSR count). The highest BCUT2D eigenvalue weighted by atomic mass is 16.3. The molecule has 2 N–H and O–H groups in total. The van der Waals surface area contributed by atoms with Crippen molar-refractivity contribution in [3.8, 4) is 17.5 Å². The molecule has 2 aromatic heterocycles. The minimum Gasteiger partial charge on any atom is -0.461 e. The highest BCUT2D eigenvalue weighted by Gasteiger charge is 2.27. The van der Waals surface area contributed by atoms with Crippen molar-refractivity contribution >= 4 is 5.82 Å². The summed E-state index contributed by atoms with van der Waals surface area (Å²) in [5, 5.41) is 13.1. The number of anilines is 1. The molecule has 0 atom stereocenters. The maximum Gasteiger partial charge on any atom is 0.291 e. The van der Waals surface area contributed by atoms with Crippen LogP contribution in [0.5, 0.6) is 0 Å². The van der Waals surface area contributed by atoms with E-state index in [2.05, 4.69) is 23.3 Å². The third-order valence-corrected chi connectivity index (χ3v) is 4.53. The van der Waals surface area contributed by atoms with E-state index in [4.69, 9.17) is 4.42 Å². The Morgan fingerprint density at radius 3 is 2.78 bits per heavy atom. The van der Waals surface area contributed by atoms with E-state index in [9.17, 15) is 5.26 Å². The fourth-order valence-electron chi connectivity index (χ4n) is 3.35. The van der Waals surface area contributed by atoms with E-state index in [1.165, 1.54) is 30.4 Å². The summed E-state index contributed by atoms with van der Waals surface area (Å²) in [6.07, 6.45) is 9.51. The molecule has 0 saturated carbocycles. The molecular weight excluding hydrogens is 286 g/mol. The zero-order chi connectivity index (χ0) is 16.1. The normalized spacial score (nSPS) is 13.4. The Bertz CT molecular complexity index is 698. The van der Waals surface area contributed by atoms with Crippen LogP contribution in [0.4, 0.5) is 5.82 Å². The standard InChI is InChI=1S/C19H23N3O/c1-2-3-6-11-21-19-16(13-20)14-8-4-5-9-15(14)18(22-19)17-10-7-12-23-17/h7,10,12H,2-6,8-9,11H2,1H3,(H,21,22)/p+1. The van der Waals surface area contributed by atoms with Crippen LogP contribution in [0.25, 0.3) is 11.5 Å². The van der Waals surface area contributed by atoms with Gasteiger partial charge >= 0.3 is 0 Å². The molecule has 120 valence electrons. The lowest BCUT2D eigenvalue weighted by atomic mass is 9.87. The van der Waals surface area contributed by atoms with Crippen LogP contribution in [0.3, 0.4) is 0 Å². The first kappa shape index (κ1) is 15.6. The minimum absolute atomic E-state index is 0.784. The maximum atomic E-state index is 9.67. The van der Waals surface area contributed by atoms with Crippen LogP contribution in [0.2, 0.25) is 0 Å². The molecule has 0 aliphatic heterocycles. The number of nitriles is 1. The first-order chi connectivity index (χ1) is 11.3. The number of fused-ring (bicyclic) bond motifs is 1. The SMILES string of the molecule is CCCCCNc1[nH+]c(-c2ccco2)c2c(c1C#N)CCCC2. The fourth-order valence-corrected chi connectivity index (χ4v) is 3.35. The van der Waals surface area contributed by atoms with E-state index >= 15 is 0 Å². The van der Waals surface area contributed by atoms with E-state index in [-0.39, 0.29) is 0 Å². The summed E-state index contributed by atoms with van der Waals surface area (Å²) >= 11 is 0. The Balaban J connectivity index is 2.01. The van der Waals surface area contributed by atoms with Crippen LogP contribution in [-0.2, 0) is 12.8 Å². The number of pyridine rings is 1. The summed E-state index contributed by atoms with van der Waals surface area (Å²) in [7, 11) is 0. The smallest absolute Gasteiger partial charge is 0.291 e. The van der Waals surface area contributed by atoms with Gasteiger partial charge in [-0.05, 0) is 56.2 Å². The molecule has 0 amide bonds. The van der Waals surface area contributed by atoms with Gasteiger partial charge in [-0.1, -0.05) is 13.3 Å². The van der Waals surface area contributed by atoms with Gasteiger partial charge in [-0.25, -0.2) is 4.98 Å². The van der Waals surface area contributed by atoms with Crippen molar-refractivity contribution in [2.24, 2.45) is 0 Å². The van der Waals surface area contributed by atoms with E-state index in [1.807, 2.05) is 12.1 Å². The molecule has 4 heteroatoms. The Labute approximate surface area is 137 Å². The summed E-state index contributed by atoms with van der Waals surface area (Å²) in [6.45, 7) is 3.08. The number of aromatic nitrogens is 1. The van der Waals surface area contributed by atoms with Gasteiger partial charge in [-0.15, -0.1) is 0 Å². The van der Waals surface area contributed by atoms with Gasteiger partial charge in [0.2, 0.25) is 0 Å². The summed E-state index contributed by atoms with van der Waals surface area (Å²) < 4.78 is 5.62. The number of hydrogen-bond donors (Lipinski definition) is 1. The summed E-state index contributed by atoms with van der Waals surface area (Å²) in [4.78, 5) is 3.44. The Kier molecular flexibility index (Phi) is 4.97. The van der Waals surface area contributed by atoms with Crippen molar-refractivity contribution in [3.05, 3.63) is 35.1 Å². The second-order valence-corrected chi connectivity index (χ2v) is 6.14. The number of nitrogens with zero attached hydrogens (tertiary/aromatic N) is 1. The first-order valence-electron chi connectivity index (χ1n) is 8.64. The predicted octanol–water partition coefficient (Wildman–Crippen LogP) is 4.11. The minimum atomic E-state index is 0.784. The Morgan fingerprint density at radius 2 is 2.09 bits per heavy atom. The van der Waals surface area contributed by atoms with E-state index in [0.717, 1.165) is 55.1 Å². The van der Waals surface area contributed by atoms with E-state index in [1.54, 1.807) is 6.26 Å². The van der Waals surface area contributed by atoms with Crippen molar-refractivity contribution in [3.63, 3.8) is 0 Å². The fraction of sp³-hybridized carbons (Fsp3) is 0.474. The average Bonchev–Trinajstić information content (AvgIpc) is 3.12. The van der Waals surface area contributed by atoms with Crippen LogP contribution < -0.4 is 10.3 Å². The summed E-state index contributed by atoms with van der Waals surface area (Å²) in [5.74, 6) is 1.69. The van der Waals surface area contributed by atoms with Gasteiger partial charge in [0.05, 0.1) is 12.8 Å². The highest BCUT2D eigenvalue weighted by Crippen LogP contribution is 2.33. The van der Waals surface area contributed by atoms with E-state index < -0.39 is 0 Å². The number of furan rings is 1. The van der Waals surface area contributed by atoms with Crippen LogP contribution >= 0.6 is 0 Å². The number of unbranched alkanes of at least 4 members (excludes halogenated alkanes) is 2. The Hall–Kier alpha value is -2.28. The van der Waals surface area contributed by atoms with Crippen LogP contribution in [0.15, 0.2) is 22.8 Å². The highest BCUT2D eigenvalue weighted by molar-refractivity contribution is 5.64. The van der Waals surface area contributed by atoms with Gasteiger partial charge in [0, 0.05) is 5.56 Å². The number of nitrogens with one attached hydrogen (secondary N) is 2. The van der Waals surface area contributed by atoms with Crippen molar-refractivity contribution < 1.29 is 9.40 Å². The molecule has 1 aliphatic carbocycles. The van der Waals surface area contributed by atoms with Gasteiger partial charge in [-0.3, -0.25) is 5.32 Å². The summed E-state index contributed by atoms with van der Waals surface area (Å²) in [6, 6.07) is 6.30. The van der Waals surface area contributed by atoms with Crippen LogP contribution in [-0.4, -0.2) is 6.54 Å². The lowest BCUT2D eigenvalue weighted by Gasteiger charge is -2.19. The molecule has 0 unspecified atom stereocenters. The van der Waals surface area contributed by atoms with Gasteiger partial charge < -0.3 is 4.42 Å². The molecule has 2 aromatic rings. The third kappa shape index (κ3) is 3.24. The predicted molar refractivity (Wildman–Crippen MR) is 90.1 cm³/mol. The quantitative estimate of drug-likeness (QED) is 0.817. The first-order valence-corrected chi connectivity index (χ1v) is 8.64. The molecule has 23 heavy (non-hydrogen) atoms. The largest absolute Gasteiger partial charge is 0.461 e. The van der Waals surface area contributed by atoms with Gasteiger partial charge in [0.1, 0.15) is 11.6 Å². The Morgan fingerprint density at radius 1 is 1.26 bits per heavy atom. The number of H-pyrrole nitrogens is 1. The van der Waals surface area contributed by atoms with Gasteiger partial charge in [0.25, 0.3) is 5.82 Å². The molecular formula is C19H24N3O+. The third-order valence-electron chi connectivity index (χ3n) is 4.53. The lowest BCUT2D eigenvalue weighted by molar-refractivity contribution is -0.349. The topological polar surface area (TPSA) is 63.1 Å². The number of hydrogen-bond acceptors (Lipinski definition) is 3.